The lowest BCUT2D eigenvalue weighted by Gasteiger charge is -2.56. The smallest absolute Gasteiger partial charge is 0.265 e. The summed E-state index contributed by atoms with van der Waals surface area (Å²) >= 11 is 0. The maximum absolute atomic E-state index is 11.3. The van der Waals surface area contributed by atoms with Crippen molar-refractivity contribution >= 4 is 10.1 Å². The molecule has 0 saturated carbocycles. The molecule has 4 aliphatic rings. The topological polar surface area (TPSA) is 107 Å². The van der Waals surface area contributed by atoms with Gasteiger partial charge in [-0.1, -0.05) is 12.2 Å². The Morgan fingerprint density at radius 2 is 2.15 bits per heavy atom. The second-order valence-corrected chi connectivity index (χ2v) is 9.83. The third-order valence-electron chi connectivity index (χ3n) is 7.00. The first kappa shape index (κ1) is 17.5. The van der Waals surface area contributed by atoms with Crippen LogP contribution in [0, 0.1) is 5.92 Å². The van der Waals surface area contributed by atoms with Gasteiger partial charge in [0.05, 0.1) is 5.75 Å². The Kier molecular flexibility index (Phi) is 3.54. The van der Waals surface area contributed by atoms with E-state index >= 15 is 0 Å². The fourth-order valence-electron chi connectivity index (χ4n) is 5.86. The minimum atomic E-state index is -4.10. The van der Waals surface area contributed by atoms with E-state index in [4.69, 9.17) is 4.74 Å². The molecule has 2 heterocycles. The highest BCUT2D eigenvalue weighted by molar-refractivity contribution is 7.85. The zero-order valence-electron chi connectivity index (χ0n) is 15.0. The number of aliphatic hydroxyl groups excluding tert-OH is 1. The molecule has 2 aliphatic heterocycles. The third-order valence-corrected chi connectivity index (χ3v) is 7.72. The Morgan fingerprint density at radius 1 is 1.37 bits per heavy atom. The van der Waals surface area contributed by atoms with Crippen LogP contribution in [-0.2, 0) is 28.4 Å². The summed E-state index contributed by atoms with van der Waals surface area (Å²) in [7, 11) is -2.01. The molecule has 0 amide bonds. The molecule has 27 heavy (non-hydrogen) atoms. The highest BCUT2D eigenvalue weighted by Crippen LogP contribution is 2.62. The van der Waals surface area contributed by atoms with E-state index in [1.807, 2.05) is 0 Å². The van der Waals surface area contributed by atoms with Gasteiger partial charge in [-0.3, -0.25) is 4.55 Å². The van der Waals surface area contributed by atoms with Gasteiger partial charge in [-0.25, -0.2) is 0 Å². The Morgan fingerprint density at radius 3 is 2.89 bits per heavy atom. The van der Waals surface area contributed by atoms with Crippen molar-refractivity contribution in [1.82, 2.24) is 4.90 Å². The number of nitrogens with zero attached hydrogens (tertiary/aromatic N) is 1. The summed E-state index contributed by atoms with van der Waals surface area (Å²) in [5.74, 6) is 0.198. The van der Waals surface area contributed by atoms with Crippen LogP contribution in [0.2, 0.25) is 0 Å². The quantitative estimate of drug-likeness (QED) is 0.511. The lowest BCUT2D eigenvalue weighted by molar-refractivity contribution is -0.0454. The van der Waals surface area contributed by atoms with Crippen LogP contribution >= 0.6 is 0 Å². The number of aliphatic hydroxyl groups is 1. The van der Waals surface area contributed by atoms with Crippen molar-refractivity contribution in [3.05, 3.63) is 34.9 Å². The summed E-state index contributed by atoms with van der Waals surface area (Å²) in [6, 6.07) is 1.78. The van der Waals surface area contributed by atoms with Crippen LogP contribution in [0.3, 0.4) is 0 Å². The number of aromatic hydroxyl groups is 1. The van der Waals surface area contributed by atoms with Crippen molar-refractivity contribution in [2.24, 2.45) is 5.92 Å². The molecule has 1 aromatic carbocycles. The summed E-state index contributed by atoms with van der Waals surface area (Å²) in [6.07, 6.45) is 4.36. The molecule has 2 aliphatic carbocycles. The molecule has 0 unspecified atom stereocenters. The van der Waals surface area contributed by atoms with Crippen LogP contribution in [0.5, 0.6) is 11.5 Å². The van der Waals surface area contributed by atoms with E-state index in [-0.39, 0.29) is 29.9 Å². The monoisotopic (exact) mass is 393 g/mol. The average molecular weight is 393 g/mol. The lowest BCUT2D eigenvalue weighted by atomic mass is 9.53. The molecule has 2 bridgehead atoms. The number of hydrogen-bond acceptors (Lipinski definition) is 6. The first-order chi connectivity index (χ1) is 12.7. The van der Waals surface area contributed by atoms with Gasteiger partial charge in [0.2, 0.25) is 0 Å². The molecule has 8 heteroatoms. The van der Waals surface area contributed by atoms with Crippen LogP contribution in [-0.4, -0.2) is 65.7 Å². The van der Waals surface area contributed by atoms with E-state index in [1.54, 1.807) is 12.1 Å². The summed E-state index contributed by atoms with van der Waals surface area (Å²) in [4.78, 5) is 2.31. The van der Waals surface area contributed by atoms with Gasteiger partial charge < -0.3 is 19.8 Å². The van der Waals surface area contributed by atoms with Gasteiger partial charge in [0.1, 0.15) is 12.2 Å². The van der Waals surface area contributed by atoms with Crippen LogP contribution < -0.4 is 4.74 Å². The Hall–Kier alpha value is -1.61. The maximum atomic E-state index is 11.3. The molecule has 146 valence electrons. The van der Waals surface area contributed by atoms with Crippen LogP contribution in [0.15, 0.2) is 18.2 Å². The number of phenols is 1. The largest absolute Gasteiger partial charge is 0.504 e. The van der Waals surface area contributed by atoms with Crippen molar-refractivity contribution in [2.45, 2.75) is 42.9 Å². The van der Waals surface area contributed by atoms with E-state index in [2.05, 4.69) is 18.0 Å². The van der Waals surface area contributed by atoms with Crippen molar-refractivity contribution < 1.29 is 27.9 Å². The molecule has 3 N–H and O–H groups in total. The molecule has 0 aromatic heterocycles. The lowest BCUT2D eigenvalue weighted by Crippen LogP contribution is -2.64. The third kappa shape index (κ3) is 2.27. The van der Waals surface area contributed by atoms with Gasteiger partial charge in [0.15, 0.2) is 11.5 Å². The molecular weight excluding hydrogens is 370 g/mol. The van der Waals surface area contributed by atoms with E-state index in [0.29, 0.717) is 5.75 Å². The number of likely N-dealkylation sites (N-methyl/N-ethyl adjacent to an activating group) is 1. The van der Waals surface area contributed by atoms with Gasteiger partial charge in [-0.05, 0) is 50.0 Å². The highest BCUT2D eigenvalue weighted by atomic mass is 32.2. The molecule has 0 radical (unpaired) electrons. The van der Waals surface area contributed by atoms with Gasteiger partial charge in [0, 0.05) is 22.9 Å². The number of ether oxygens (including phenoxy) is 1. The van der Waals surface area contributed by atoms with Gasteiger partial charge >= 0.3 is 0 Å². The molecule has 1 aromatic rings. The fraction of sp³-hybridized carbons (Fsp3) is 0.579. The van der Waals surface area contributed by atoms with Gasteiger partial charge in [0.25, 0.3) is 10.1 Å². The van der Waals surface area contributed by atoms with Crippen LogP contribution in [0.1, 0.15) is 23.1 Å². The molecule has 5 rings (SSSR count). The highest BCUT2D eigenvalue weighted by Gasteiger charge is 2.64. The summed E-state index contributed by atoms with van der Waals surface area (Å²) in [5.41, 5.74) is 2.27. The maximum Gasteiger partial charge on any atom is 0.265 e. The van der Waals surface area contributed by atoms with Crippen molar-refractivity contribution in [3.63, 3.8) is 0 Å². The van der Waals surface area contributed by atoms with Crippen LogP contribution in [0.25, 0.3) is 0 Å². The van der Waals surface area contributed by atoms with Crippen molar-refractivity contribution in [3.8, 4) is 11.5 Å². The second kappa shape index (κ2) is 5.47. The predicted molar refractivity (Wildman–Crippen MR) is 97.7 cm³/mol. The van der Waals surface area contributed by atoms with Crippen molar-refractivity contribution in [2.75, 3.05) is 19.3 Å². The molecule has 5 atom stereocenters. The van der Waals surface area contributed by atoms with Gasteiger partial charge in [-0.2, -0.15) is 8.42 Å². The normalized spacial score (nSPS) is 36.4. The number of benzene rings is 1. The number of piperidine rings is 1. The van der Waals surface area contributed by atoms with E-state index in [0.717, 1.165) is 36.1 Å². The minimum absolute atomic E-state index is 0.0220. The molecule has 1 saturated heterocycles. The minimum Gasteiger partial charge on any atom is -0.504 e. The first-order valence-corrected chi connectivity index (χ1v) is 10.9. The van der Waals surface area contributed by atoms with Crippen LogP contribution in [0.4, 0.5) is 0 Å². The zero-order chi connectivity index (χ0) is 19.1. The number of phenolic OH excluding ortho intramolecular Hbond substituents is 1. The molecule has 1 spiro atoms. The molecular formula is C19H23NO6S. The second-order valence-electron chi connectivity index (χ2n) is 8.26. The average Bonchev–Trinajstić information content (AvgIpc) is 2.95. The van der Waals surface area contributed by atoms with E-state index < -0.39 is 27.7 Å². The van der Waals surface area contributed by atoms with E-state index in [1.165, 1.54) is 0 Å². The summed E-state index contributed by atoms with van der Waals surface area (Å²) in [6.45, 7) is 0.872. The number of likely N-dealkylation sites (tertiary alicyclic amines) is 1. The number of hydrogen-bond donors (Lipinski definition) is 3. The zero-order valence-corrected chi connectivity index (χ0v) is 15.8. The SMILES string of the molecule is CN1CC[C@]23c4c5c(CCS(=O)(=O)O)cc(O)c4O[C@H]2[C@@H](O)C=C[C@H]3[C@H]1C5. The molecule has 7 nitrogen and oxygen atoms in total. The molecule has 1 fully saturated rings. The first-order valence-electron chi connectivity index (χ1n) is 9.29. The van der Waals surface area contributed by atoms with Crippen molar-refractivity contribution in [1.29, 1.82) is 0 Å². The fourth-order valence-corrected chi connectivity index (χ4v) is 6.34. The predicted octanol–water partition coefficient (Wildman–Crippen LogP) is 0.628. The summed E-state index contributed by atoms with van der Waals surface area (Å²) in [5, 5.41) is 21.2. The Balaban J connectivity index is 1.73. The Bertz CT molecular complexity index is 957. The van der Waals surface area contributed by atoms with Gasteiger partial charge in [-0.15, -0.1) is 0 Å². The summed E-state index contributed by atoms with van der Waals surface area (Å²) < 4.78 is 37.8. The Labute approximate surface area is 158 Å². The standard InChI is InChI=1S/C19H23NO6S/c1-20-6-5-19-12-2-3-14(21)18(19)26-17-15(22)8-10(4-7-27(23,24)25)11(16(17)19)9-13(12)20/h2-3,8,12-14,18,21-22H,4-7,9H2,1H3,(H,23,24,25)/t12-,13+,14-,18-,19-/m0/s1. The number of aryl methyl sites for hydroxylation is 1. The number of rotatable bonds is 3. The van der Waals surface area contributed by atoms with E-state index in [9.17, 15) is 23.2 Å².